The molecule has 0 radical (unpaired) electrons. The van der Waals surface area contributed by atoms with E-state index in [9.17, 15) is 9.90 Å². The average Bonchev–Trinajstić information content (AvgIpc) is 2.89. The van der Waals surface area contributed by atoms with Gasteiger partial charge in [0.05, 0.1) is 36.7 Å². The predicted octanol–water partition coefficient (Wildman–Crippen LogP) is 0.0930. The van der Waals surface area contributed by atoms with Crippen molar-refractivity contribution in [2.24, 2.45) is 12.5 Å². The number of aliphatic hydroxyl groups is 2. The van der Waals surface area contributed by atoms with Crippen molar-refractivity contribution in [3.8, 4) is 0 Å². The lowest BCUT2D eigenvalue weighted by molar-refractivity contribution is -0.211. The van der Waals surface area contributed by atoms with E-state index in [1.807, 2.05) is 18.9 Å². The highest BCUT2D eigenvalue weighted by Crippen LogP contribution is 2.51. The van der Waals surface area contributed by atoms with Gasteiger partial charge in [-0.1, -0.05) is 0 Å². The van der Waals surface area contributed by atoms with E-state index < -0.39 is 0 Å². The molecule has 1 aromatic rings. The van der Waals surface area contributed by atoms with Gasteiger partial charge in [0.15, 0.2) is 0 Å². The minimum atomic E-state index is -0.372. The second-order valence-electron chi connectivity index (χ2n) is 6.66. The Morgan fingerprint density at radius 1 is 1.48 bits per heavy atom. The number of piperidine rings is 1. The highest BCUT2D eigenvalue weighted by molar-refractivity contribution is 5.95. The lowest BCUT2D eigenvalue weighted by Crippen LogP contribution is -2.62. The quantitative estimate of drug-likeness (QED) is 0.820. The maximum Gasteiger partial charge on any atom is 0.257 e. The molecule has 23 heavy (non-hydrogen) atoms. The van der Waals surface area contributed by atoms with Gasteiger partial charge in [-0.05, 0) is 19.8 Å². The number of amides is 1. The third kappa shape index (κ3) is 2.77. The van der Waals surface area contributed by atoms with Crippen LogP contribution in [0.3, 0.4) is 0 Å². The van der Waals surface area contributed by atoms with Crippen molar-refractivity contribution in [3.63, 3.8) is 0 Å². The van der Waals surface area contributed by atoms with Crippen molar-refractivity contribution in [1.29, 1.82) is 0 Å². The zero-order valence-electron chi connectivity index (χ0n) is 13.7. The van der Waals surface area contributed by atoms with Crippen LogP contribution >= 0.6 is 0 Å². The van der Waals surface area contributed by atoms with E-state index in [0.717, 1.165) is 18.5 Å². The highest BCUT2D eigenvalue weighted by Gasteiger charge is 2.56. The molecule has 2 heterocycles. The Labute approximate surface area is 135 Å². The van der Waals surface area contributed by atoms with Crippen LogP contribution in [0.1, 0.15) is 35.3 Å². The zero-order valence-corrected chi connectivity index (χ0v) is 13.7. The monoisotopic (exact) mass is 323 g/mol. The minimum Gasteiger partial charge on any atom is -0.394 e. The van der Waals surface area contributed by atoms with Gasteiger partial charge in [-0.15, -0.1) is 0 Å². The normalized spacial score (nSPS) is 26.3. The van der Waals surface area contributed by atoms with E-state index in [1.165, 1.54) is 0 Å². The largest absolute Gasteiger partial charge is 0.394 e. The molecule has 1 aromatic heterocycles. The van der Waals surface area contributed by atoms with Gasteiger partial charge in [-0.25, -0.2) is 0 Å². The second-order valence-corrected chi connectivity index (χ2v) is 6.66. The van der Waals surface area contributed by atoms with E-state index in [4.69, 9.17) is 9.84 Å². The molecule has 1 spiro atoms. The standard InChI is InChI=1S/C16H25N3O4/c1-11-12(10-18(2)17-11)15(22)19-5-3-16(4-6-19)13(21)9-14(16)23-8-7-20/h10,13-14,20-21H,3-9H2,1-2H3/t13-,14+/m0/s1. The molecule has 3 rings (SSSR count). The molecule has 1 aliphatic carbocycles. The van der Waals surface area contributed by atoms with Gasteiger partial charge in [0, 0.05) is 38.2 Å². The molecule has 2 aliphatic rings. The third-order valence-corrected chi connectivity index (χ3v) is 5.38. The topological polar surface area (TPSA) is 87.8 Å². The van der Waals surface area contributed by atoms with Gasteiger partial charge in [-0.3, -0.25) is 9.48 Å². The molecule has 7 nitrogen and oxygen atoms in total. The van der Waals surface area contributed by atoms with Crippen molar-refractivity contribution in [2.75, 3.05) is 26.3 Å². The number of aliphatic hydroxyl groups excluding tert-OH is 2. The highest BCUT2D eigenvalue weighted by atomic mass is 16.5. The van der Waals surface area contributed by atoms with Gasteiger partial charge in [0.2, 0.25) is 0 Å². The first-order chi connectivity index (χ1) is 11.0. The van der Waals surface area contributed by atoms with Gasteiger partial charge in [0.1, 0.15) is 0 Å². The Hall–Kier alpha value is -1.44. The number of carbonyl (C=O) groups excluding carboxylic acids is 1. The van der Waals surface area contributed by atoms with Gasteiger partial charge in [-0.2, -0.15) is 5.10 Å². The van der Waals surface area contributed by atoms with Gasteiger partial charge >= 0.3 is 0 Å². The second kappa shape index (κ2) is 6.22. The summed E-state index contributed by atoms with van der Waals surface area (Å²) in [6, 6.07) is 0. The molecule has 128 valence electrons. The first kappa shape index (κ1) is 16.4. The number of hydrogen-bond acceptors (Lipinski definition) is 5. The van der Waals surface area contributed by atoms with E-state index in [1.54, 1.807) is 10.9 Å². The zero-order chi connectivity index (χ0) is 16.6. The summed E-state index contributed by atoms with van der Waals surface area (Å²) in [4.78, 5) is 14.5. The van der Waals surface area contributed by atoms with Crippen LogP contribution in [0, 0.1) is 12.3 Å². The molecular formula is C16H25N3O4. The number of ether oxygens (including phenoxy) is 1. The number of likely N-dealkylation sites (tertiary alicyclic amines) is 1. The molecule has 1 saturated carbocycles. The van der Waals surface area contributed by atoms with E-state index >= 15 is 0 Å². The van der Waals surface area contributed by atoms with E-state index in [0.29, 0.717) is 31.7 Å². The van der Waals surface area contributed by atoms with Crippen molar-refractivity contribution < 1.29 is 19.7 Å². The summed E-state index contributed by atoms with van der Waals surface area (Å²) in [5.41, 5.74) is 1.13. The number of aromatic nitrogens is 2. The average molecular weight is 323 g/mol. The molecule has 2 N–H and O–H groups in total. The molecule has 2 atom stereocenters. The summed E-state index contributed by atoms with van der Waals surface area (Å²) in [5, 5.41) is 23.4. The Morgan fingerprint density at radius 2 is 2.17 bits per heavy atom. The van der Waals surface area contributed by atoms with Crippen LogP contribution in [-0.4, -0.2) is 69.3 Å². The lowest BCUT2D eigenvalue weighted by Gasteiger charge is -2.56. The summed E-state index contributed by atoms with van der Waals surface area (Å²) in [5.74, 6) is 0.00656. The van der Waals surface area contributed by atoms with Crippen LogP contribution in [0.5, 0.6) is 0 Å². The third-order valence-electron chi connectivity index (χ3n) is 5.38. The Kier molecular flexibility index (Phi) is 4.44. The summed E-state index contributed by atoms with van der Waals surface area (Å²) in [6.07, 6.45) is 3.46. The minimum absolute atomic E-state index is 0.00638. The van der Waals surface area contributed by atoms with Crippen LogP contribution in [0.15, 0.2) is 6.20 Å². The van der Waals surface area contributed by atoms with Crippen LogP contribution in [0.25, 0.3) is 0 Å². The predicted molar refractivity (Wildman–Crippen MR) is 83.0 cm³/mol. The van der Waals surface area contributed by atoms with Crippen molar-refractivity contribution in [1.82, 2.24) is 14.7 Å². The van der Waals surface area contributed by atoms with Crippen molar-refractivity contribution in [3.05, 3.63) is 17.5 Å². The number of aryl methyl sites for hydroxylation is 2. The first-order valence-electron chi connectivity index (χ1n) is 8.18. The molecule has 7 heteroatoms. The molecule has 1 amide bonds. The fourth-order valence-electron chi connectivity index (χ4n) is 3.92. The maximum atomic E-state index is 12.6. The number of hydrogen-bond donors (Lipinski definition) is 2. The number of carbonyl (C=O) groups is 1. The first-order valence-corrected chi connectivity index (χ1v) is 8.18. The lowest BCUT2D eigenvalue weighted by atomic mass is 9.58. The van der Waals surface area contributed by atoms with Gasteiger partial charge < -0.3 is 19.8 Å². The molecule has 0 unspecified atom stereocenters. The molecule has 0 bridgehead atoms. The molecule has 2 fully saturated rings. The summed E-state index contributed by atoms with van der Waals surface area (Å²) in [7, 11) is 1.81. The van der Waals surface area contributed by atoms with Crippen molar-refractivity contribution in [2.45, 2.75) is 38.4 Å². The fraction of sp³-hybridized carbons (Fsp3) is 0.750. The number of nitrogens with zero attached hydrogens (tertiary/aromatic N) is 3. The summed E-state index contributed by atoms with van der Waals surface area (Å²) in [6.45, 7) is 3.36. The van der Waals surface area contributed by atoms with E-state index in [-0.39, 0.29) is 30.1 Å². The summed E-state index contributed by atoms with van der Waals surface area (Å²) < 4.78 is 7.32. The number of rotatable bonds is 4. The van der Waals surface area contributed by atoms with E-state index in [2.05, 4.69) is 5.10 Å². The smallest absolute Gasteiger partial charge is 0.257 e. The SMILES string of the molecule is Cc1nn(C)cc1C(=O)N1CCC2(CC1)[C@@H](O)C[C@H]2OCCO. The van der Waals surface area contributed by atoms with Crippen LogP contribution < -0.4 is 0 Å². The Morgan fingerprint density at radius 3 is 2.70 bits per heavy atom. The van der Waals surface area contributed by atoms with Gasteiger partial charge in [0.25, 0.3) is 5.91 Å². The fourth-order valence-corrected chi connectivity index (χ4v) is 3.92. The van der Waals surface area contributed by atoms with Crippen LogP contribution in [0.2, 0.25) is 0 Å². The van der Waals surface area contributed by atoms with Crippen LogP contribution in [-0.2, 0) is 11.8 Å². The summed E-state index contributed by atoms with van der Waals surface area (Å²) >= 11 is 0. The molecule has 1 aliphatic heterocycles. The maximum absolute atomic E-state index is 12.6. The van der Waals surface area contributed by atoms with Crippen molar-refractivity contribution >= 4 is 5.91 Å². The molecule has 0 aromatic carbocycles. The van der Waals surface area contributed by atoms with Crippen LogP contribution in [0.4, 0.5) is 0 Å². The molecule has 1 saturated heterocycles. The Balaban J connectivity index is 1.64. The Bertz CT molecular complexity index is 578. The molecular weight excluding hydrogens is 298 g/mol.